The number of benzene rings is 4. The predicted octanol–water partition coefficient (Wildman–Crippen LogP) is 15.7. The number of hydrogen-bond acceptors (Lipinski definition) is 16. The molecule has 10 aliphatic rings. The van der Waals surface area contributed by atoms with Crippen molar-refractivity contribution in [1.29, 1.82) is 0 Å². The van der Waals surface area contributed by atoms with Gasteiger partial charge in [0.1, 0.15) is 15.8 Å². The molecular weight excluding hydrogens is 1300 g/mol. The molecule has 2 aliphatic heterocycles. The summed E-state index contributed by atoms with van der Waals surface area (Å²) in [5.74, 6) is 8.27. The quantitative estimate of drug-likeness (QED) is 0.0198. The number of rotatable bonds is 32. The number of aromatic nitrogens is 4. The van der Waals surface area contributed by atoms with Crippen LogP contribution in [-0.4, -0.2) is 125 Å². The van der Waals surface area contributed by atoms with Gasteiger partial charge < -0.3 is 36.4 Å². The zero-order chi connectivity index (χ0) is 69.7. The van der Waals surface area contributed by atoms with Gasteiger partial charge in [0.05, 0.1) is 12.4 Å². The molecule has 0 radical (unpaired) electrons. The van der Waals surface area contributed by atoms with Crippen LogP contribution in [0.15, 0.2) is 135 Å². The Morgan fingerprint density at radius 3 is 1.33 bits per heavy atom. The van der Waals surface area contributed by atoms with E-state index in [4.69, 9.17) is 23.2 Å². The summed E-state index contributed by atoms with van der Waals surface area (Å²) in [6.07, 6.45) is 29.9. The number of Topliss-reactive ketones (excluding diaryl/α,β-unsaturated/α-hetero) is 1. The first-order valence-electron chi connectivity index (χ1n) is 37.6. The normalized spacial score (nSPS) is 24.1. The summed E-state index contributed by atoms with van der Waals surface area (Å²) in [7, 11) is 0. The third kappa shape index (κ3) is 19.7. The van der Waals surface area contributed by atoms with Gasteiger partial charge in [-0.2, -0.15) is 9.97 Å². The van der Waals surface area contributed by atoms with Gasteiger partial charge >= 0.3 is 0 Å². The molecule has 4 heterocycles. The summed E-state index contributed by atoms with van der Waals surface area (Å²) in [4.78, 5) is 77.3. The Bertz CT molecular complexity index is 3780. The van der Waals surface area contributed by atoms with Crippen LogP contribution >= 0.6 is 23.2 Å². The van der Waals surface area contributed by atoms with E-state index >= 15 is 0 Å². The lowest BCUT2D eigenvalue weighted by molar-refractivity contribution is -0.129. The Balaban J connectivity index is 0.000000181. The molecule has 1 amide bonds. The Morgan fingerprint density at radius 1 is 0.495 bits per heavy atom. The molecule has 5 N–H and O–H groups in total. The molecule has 2 saturated heterocycles. The van der Waals surface area contributed by atoms with Crippen molar-refractivity contribution in [3.8, 4) is 0 Å². The van der Waals surface area contributed by atoms with Gasteiger partial charge in [0.25, 0.3) is 0 Å². The van der Waals surface area contributed by atoms with E-state index in [9.17, 15) is 19.2 Å². The van der Waals surface area contributed by atoms with Crippen LogP contribution < -0.4 is 36.4 Å². The minimum Gasteiger partial charge on any atom is -0.369 e. The summed E-state index contributed by atoms with van der Waals surface area (Å²) >= 11 is 12.8. The molecule has 16 rings (SSSR count). The van der Waals surface area contributed by atoms with Crippen molar-refractivity contribution in [2.45, 2.75) is 148 Å². The molecule has 8 aliphatic carbocycles. The lowest BCUT2D eigenvalue weighted by Crippen LogP contribution is -2.48. The topological polar surface area (TPSA) is 193 Å². The Labute approximate surface area is 607 Å². The molecule has 0 atom stereocenters. The molecule has 4 aromatic carbocycles. The number of nitrogens with one attached hydrogen (secondary N) is 5. The standard InChI is InChI=1S/C42H53ClN6O2.C40H50ClN7O2/c1-2-37(50)23-30-7-6-8-31(19-30)28-44-40-39(43)29-45-41(47-40)46-35-10-12-36(13-11-35)49-17-15-48(16-18-49)14-5-3-4-9-38(51)27-42-24-32-20-33(25-42)22-34(21-32)26-42;1-2-35(49)21-28-5-3-6-29(17-28)26-43-38-36(41)27-44-39(46-38)45-33-7-9-34(10-8-33)48-15-13-47(14-16-48)12-4-11-42-37(50)25-40-22-30-18-31(23-40)20-32(19-30)24-40/h2,6-8,10-13,19,29,32-34H,1,3-5,9,14-18,20-28H2,(H2,44,45,46,47);2-3,5-10,17,27,30-32H,1,4,11-16,18-26H2,(H,42,50)(H2,43,44,45,46). The smallest absolute Gasteiger partial charge is 0.229 e. The first kappa shape index (κ1) is 71.7. The van der Waals surface area contributed by atoms with E-state index in [2.05, 4.69) is 128 Å². The molecule has 8 bridgehead atoms. The number of anilines is 8. The maximum atomic E-state index is 13.0. The second-order valence-electron chi connectivity index (χ2n) is 31.1. The number of hydrogen-bond donors (Lipinski definition) is 5. The van der Waals surface area contributed by atoms with Gasteiger partial charge in [0.15, 0.2) is 23.2 Å². The predicted molar refractivity (Wildman–Crippen MR) is 408 cm³/mol. The molecule has 6 aromatic rings. The summed E-state index contributed by atoms with van der Waals surface area (Å²) in [6, 6.07) is 32.5. The van der Waals surface area contributed by atoms with Crippen LogP contribution in [0.5, 0.6) is 0 Å². The third-order valence-electron chi connectivity index (χ3n) is 23.2. The van der Waals surface area contributed by atoms with E-state index in [-0.39, 0.29) is 17.5 Å². The van der Waals surface area contributed by atoms with Crippen LogP contribution in [0, 0.1) is 46.3 Å². The number of allylic oxidation sites excluding steroid dienone is 2. The van der Waals surface area contributed by atoms with Crippen molar-refractivity contribution in [2.24, 2.45) is 46.3 Å². The van der Waals surface area contributed by atoms with E-state index in [0.717, 1.165) is 180 Å². The molecule has 534 valence electrons. The average Bonchev–Trinajstić information content (AvgIpc) is 0.756. The fourth-order valence-electron chi connectivity index (χ4n) is 19.2. The van der Waals surface area contributed by atoms with Crippen LogP contribution in [0.25, 0.3) is 0 Å². The van der Waals surface area contributed by atoms with Crippen molar-refractivity contribution in [1.82, 2.24) is 35.1 Å². The van der Waals surface area contributed by atoms with E-state index in [1.807, 2.05) is 48.5 Å². The van der Waals surface area contributed by atoms with E-state index in [1.54, 1.807) is 12.4 Å². The highest BCUT2D eigenvalue weighted by atomic mass is 35.5. The van der Waals surface area contributed by atoms with E-state index in [0.29, 0.717) is 76.1 Å². The Hall–Kier alpha value is -7.70. The maximum Gasteiger partial charge on any atom is 0.229 e. The molecule has 8 saturated carbocycles. The lowest BCUT2D eigenvalue weighted by Gasteiger charge is -2.56. The molecule has 0 spiro atoms. The zero-order valence-electron chi connectivity index (χ0n) is 58.9. The first-order valence-corrected chi connectivity index (χ1v) is 38.3. The van der Waals surface area contributed by atoms with Crippen LogP contribution in [0.3, 0.4) is 0 Å². The molecule has 2 aromatic heterocycles. The molecule has 10 fully saturated rings. The third-order valence-corrected chi connectivity index (χ3v) is 23.7. The summed E-state index contributed by atoms with van der Waals surface area (Å²) in [5, 5.41) is 17.3. The SMILES string of the molecule is C=CC(=O)Cc1cccc(CNc2nc(Nc3ccc(N4CCN(CCCCCC(=O)CC56CC7CC(CC(C7)C5)C6)CC4)cc3)ncc2Cl)c1.C=CC(=O)Cc1cccc(CNc2nc(Nc3ccc(N4CCN(CCCNC(=O)CC56CC7CC(CC(C7)C5)C6)CC4)cc3)ncc2Cl)c1. The monoisotopic (exact) mass is 1400 g/mol. The lowest BCUT2D eigenvalue weighted by atomic mass is 9.48. The molecular formula is C82H103Cl2N13O4. The highest BCUT2D eigenvalue weighted by Gasteiger charge is 2.52. The number of unbranched alkanes of at least 4 members (excludes halogenated alkanes) is 2. The highest BCUT2D eigenvalue weighted by Crippen LogP contribution is 2.62. The van der Waals surface area contributed by atoms with Gasteiger partial charge in [0, 0.05) is 127 Å². The van der Waals surface area contributed by atoms with E-state index in [1.165, 1.54) is 107 Å². The van der Waals surface area contributed by atoms with Crippen LogP contribution in [0.4, 0.5) is 46.3 Å². The Morgan fingerprint density at radius 2 is 0.901 bits per heavy atom. The number of halogens is 2. The fourth-order valence-corrected chi connectivity index (χ4v) is 19.6. The van der Waals surface area contributed by atoms with Gasteiger partial charge in [-0.1, -0.05) is 91.3 Å². The highest BCUT2D eigenvalue weighted by molar-refractivity contribution is 6.33. The minimum absolute atomic E-state index is 0.00560. The summed E-state index contributed by atoms with van der Waals surface area (Å²) in [6.45, 7) is 19.2. The molecule has 0 unspecified atom stereocenters. The number of carbonyl (C=O) groups is 4. The van der Waals surface area contributed by atoms with Crippen molar-refractivity contribution < 1.29 is 19.2 Å². The van der Waals surface area contributed by atoms with Crippen LogP contribution in [0.2, 0.25) is 10.0 Å². The van der Waals surface area contributed by atoms with Crippen LogP contribution in [-0.2, 0) is 45.1 Å². The van der Waals surface area contributed by atoms with Gasteiger partial charge in [-0.3, -0.25) is 29.0 Å². The van der Waals surface area contributed by atoms with Gasteiger partial charge in [-0.05, 0) is 239 Å². The fraction of sp³-hybridized carbons (Fsp3) is 0.512. The van der Waals surface area contributed by atoms with Crippen molar-refractivity contribution in [3.05, 3.63) is 167 Å². The summed E-state index contributed by atoms with van der Waals surface area (Å²) in [5.41, 5.74) is 8.85. The zero-order valence-corrected chi connectivity index (χ0v) is 60.4. The number of nitrogens with zero attached hydrogens (tertiary/aromatic N) is 8. The second kappa shape index (κ2) is 33.6. The van der Waals surface area contributed by atoms with Crippen LogP contribution in [0.1, 0.15) is 144 Å². The molecule has 19 heteroatoms. The number of piperazine rings is 2. The molecule has 101 heavy (non-hydrogen) atoms. The van der Waals surface area contributed by atoms with Crippen molar-refractivity contribution in [3.63, 3.8) is 0 Å². The minimum atomic E-state index is -0.00818. The average molecular weight is 1410 g/mol. The first-order chi connectivity index (χ1) is 49.1. The molecule has 17 nitrogen and oxygen atoms in total. The second-order valence-corrected chi connectivity index (χ2v) is 31.9. The summed E-state index contributed by atoms with van der Waals surface area (Å²) < 4.78 is 0. The van der Waals surface area contributed by atoms with Crippen molar-refractivity contribution >= 4 is 92.7 Å². The number of ketones is 3. The van der Waals surface area contributed by atoms with Crippen molar-refractivity contribution in [2.75, 3.05) is 103 Å². The Kier molecular flexibility index (Phi) is 23.9. The maximum absolute atomic E-state index is 13.0. The van der Waals surface area contributed by atoms with Gasteiger partial charge in [-0.15, -0.1) is 0 Å². The number of carbonyl (C=O) groups excluding carboxylic acids is 4. The van der Waals surface area contributed by atoms with E-state index < -0.39 is 0 Å². The van der Waals surface area contributed by atoms with Gasteiger partial charge in [-0.25, -0.2) is 9.97 Å². The van der Waals surface area contributed by atoms with Gasteiger partial charge in [0.2, 0.25) is 17.8 Å². The largest absolute Gasteiger partial charge is 0.369 e. The number of amides is 1.